The van der Waals surface area contributed by atoms with Gasteiger partial charge in [-0.1, -0.05) is 18.2 Å². The average molecular weight is 477 g/mol. The van der Waals surface area contributed by atoms with E-state index in [1.807, 2.05) is 4.72 Å². The van der Waals surface area contributed by atoms with Crippen LogP contribution in [0.3, 0.4) is 0 Å². The number of rotatable bonds is 8. The smallest absolute Gasteiger partial charge is 0.293 e. The van der Waals surface area contributed by atoms with Gasteiger partial charge in [-0.05, 0) is 24.3 Å². The number of ether oxygens (including phenoxy) is 2. The second-order valence-electron chi connectivity index (χ2n) is 7.80. The van der Waals surface area contributed by atoms with Crippen molar-refractivity contribution in [3.63, 3.8) is 0 Å². The Morgan fingerprint density at radius 1 is 1.18 bits per heavy atom. The van der Waals surface area contributed by atoms with Gasteiger partial charge in [0, 0.05) is 31.3 Å². The second kappa shape index (κ2) is 9.83. The van der Waals surface area contributed by atoms with Crippen LogP contribution in [0.25, 0.3) is 0 Å². The summed E-state index contributed by atoms with van der Waals surface area (Å²) in [6.45, 7) is 3.76. The van der Waals surface area contributed by atoms with Crippen LogP contribution in [-0.4, -0.2) is 75.7 Å². The Kier molecular flexibility index (Phi) is 6.88. The largest absolute Gasteiger partial charge is 0.378 e. The van der Waals surface area contributed by atoms with Gasteiger partial charge in [0.25, 0.3) is 21.6 Å². The molecule has 2 aromatic carbocycles. The van der Waals surface area contributed by atoms with E-state index in [1.54, 1.807) is 18.2 Å². The van der Waals surface area contributed by atoms with Crippen LogP contribution in [0.4, 0.5) is 11.4 Å². The van der Waals surface area contributed by atoms with Gasteiger partial charge in [-0.15, -0.1) is 0 Å². The Morgan fingerprint density at radius 3 is 2.61 bits per heavy atom. The molecular formula is C21H24N4O7S. The molecule has 176 valence electrons. The number of morpholine rings is 1. The number of sulfonamides is 1. The number of carbonyl (C=O) groups excluding carboxylic acids is 1. The molecule has 2 aromatic rings. The Labute approximate surface area is 190 Å². The van der Waals surface area contributed by atoms with Crippen molar-refractivity contribution < 1.29 is 27.6 Å². The number of nitro groups is 1. The van der Waals surface area contributed by atoms with E-state index in [2.05, 4.69) is 10.2 Å². The lowest BCUT2D eigenvalue weighted by Gasteiger charge is -2.42. The molecule has 1 unspecified atom stereocenters. The minimum Gasteiger partial charge on any atom is -0.378 e. The molecule has 4 rings (SSSR count). The molecule has 0 aliphatic carbocycles. The summed E-state index contributed by atoms with van der Waals surface area (Å²) in [6.07, 6.45) is -0.174. The molecule has 0 saturated carbocycles. The number of nitro benzene ring substituents is 1. The summed E-state index contributed by atoms with van der Waals surface area (Å²) >= 11 is 0. The minimum atomic E-state index is -4.30. The van der Waals surface area contributed by atoms with Crippen molar-refractivity contribution in [3.8, 4) is 0 Å². The molecule has 0 radical (unpaired) electrons. The molecule has 1 atom stereocenters. The van der Waals surface area contributed by atoms with Crippen molar-refractivity contribution in [1.29, 1.82) is 0 Å². The third-order valence-corrected chi connectivity index (χ3v) is 6.90. The lowest BCUT2D eigenvalue weighted by atomic mass is 10.1. The predicted octanol–water partition coefficient (Wildman–Crippen LogP) is 1.23. The summed E-state index contributed by atoms with van der Waals surface area (Å²) < 4.78 is 38.2. The van der Waals surface area contributed by atoms with Crippen LogP contribution in [0.15, 0.2) is 53.4 Å². The fourth-order valence-electron chi connectivity index (χ4n) is 3.66. The van der Waals surface area contributed by atoms with Gasteiger partial charge in [0.15, 0.2) is 0 Å². The fraction of sp³-hybridized carbons (Fsp3) is 0.381. The number of benzene rings is 2. The van der Waals surface area contributed by atoms with E-state index < -0.39 is 26.5 Å². The van der Waals surface area contributed by atoms with E-state index in [0.717, 1.165) is 12.6 Å². The first-order valence-corrected chi connectivity index (χ1v) is 11.9. The monoisotopic (exact) mass is 476 g/mol. The number of carbonyl (C=O) groups is 1. The van der Waals surface area contributed by atoms with Crippen LogP contribution >= 0.6 is 0 Å². The summed E-state index contributed by atoms with van der Waals surface area (Å²) in [4.78, 5) is 25.1. The zero-order valence-corrected chi connectivity index (χ0v) is 18.5. The Hall–Kier alpha value is -3.06. The van der Waals surface area contributed by atoms with Crippen LogP contribution in [0.1, 0.15) is 10.4 Å². The van der Waals surface area contributed by atoms with Gasteiger partial charge in [0.05, 0.1) is 41.8 Å². The fourth-order valence-corrected chi connectivity index (χ4v) is 4.66. The van der Waals surface area contributed by atoms with E-state index in [-0.39, 0.29) is 22.3 Å². The molecule has 11 nitrogen and oxygen atoms in total. The topological polar surface area (TPSA) is 140 Å². The highest BCUT2D eigenvalue weighted by Gasteiger charge is 2.31. The number of anilines is 1. The summed E-state index contributed by atoms with van der Waals surface area (Å²) in [5.74, 6) is -0.823. The van der Waals surface area contributed by atoms with E-state index >= 15 is 0 Å². The normalized spacial score (nSPS) is 19.5. The van der Waals surface area contributed by atoms with Crippen LogP contribution in [-0.2, 0) is 19.5 Å². The molecule has 2 aliphatic heterocycles. The van der Waals surface area contributed by atoms with Crippen molar-refractivity contribution >= 4 is 27.3 Å². The van der Waals surface area contributed by atoms with Gasteiger partial charge < -0.3 is 14.8 Å². The maximum atomic E-state index is 12.6. The standard InChI is InChI=1S/C21H24N4O7S/c26-21(15-4-2-1-3-5-15)23-33(29,30)18-6-7-19(20(10-18)25(27)28)22-11-17-12-24(8-9-32-17)16-13-31-14-16/h1-7,10,16-17,22H,8-9,11-14H2,(H,23,26). The second-order valence-corrected chi connectivity index (χ2v) is 9.48. The molecule has 2 heterocycles. The zero-order valence-electron chi connectivity index (χ0n) is 17.7. The SMILES string of the molecule is O=C(NS(=O)(=O)c1ccc(NCC2CN(C3COC3)CCO2)c([N+](=O)[O-])c1)c1ccccc1. The molecule has 2 N–H and O–H groups in total. The van der Waals surface area contributed by atoms with E-state index in [0.29, 0.717) is 39.0 Å². The van der Waals surface area contributed by atoms with E-state index in [1.165, 1.54) is 24.3 Å². The van der Waals surface area contributed by atoms with E-state index in [4.69, 9.17) is 9.47 Å². The third-order valence-electron chi connectivity index (χ3n) is 5.57. The first-order chi connectivity index (χ1) is 15.8. The number of hydrogen-bond donors (Lipinski definition) is 2. The summed E-state index contributed by atoms with van der Waals surface area (Å²) in [6, 6.07) is 11.7. The summed E-state index contributed by atoms with van der Waals surface area (Å²) in [7, 11) is -4.30. The number of nitrogens with one attached hydrogen (secondary N) is 2. The maximum absolute atomic E-state index is 12.6. The zero-order chi connectivity index (χ0) is 23.4. The van der Waals surface area contributed by atoms with Crippen molar-refractivity contribution in [3.05, 3.63) is 64.2 Å². The van der Waals surface area contributed by atoms with Gasteiger partial charge >= 0.3 is 0 Å². The molecule has 0 spiro atoms. The Balaban J connectivity index is 1.44. The van der Waals surface area contributed by atoms with Gasteiger partial charge in [0.2, 0.25) is 0 Å². The first kappa shape index (κ1) is 23.1. The van der Waals surface area contributed by atoms with Gasteiger partial charge in [0.1, 0.15) is 5.69 Å². The quantitative estimate of drug-likeness (QED) is 0.425. The van der Waals surface area contributed by atoms with Crippen molar-refractivity contribution in [2.24, 2.45) is 0 Å². The molecule has 0 bridgehead atoms. The van der Waals surface area contributed by atoms with Crippen LogP contribution in [0, 0.1) is 10.1 Å². The Morgan fingerprint density at radius 2 is 1.94 bits per heavy atom. The molecule has 2 aliphatic rings. The van der Waals surface area contributed by atoms with E-state index in [9.17, 15) is 23.3 Å². The molecule has 2 saturated heterocycles. The summed E-state index contributed by atoms with van der Waals surface area (Å²) in [5, 5.41) is 14.6. The molecular weight excluding hydrogens is 452 g/mol. The number of nitrogens with zero attached hydrogens (tertiary/aromatic N) is 2. The lowest BCUT2D eigenvalue weighted by Crippen LogP contribution is -2.56. The van der Waals surface area contributed by atoms with Gasteiger partial charge in [-0.3, -0.25) is 19.8 Å². The van der Waals surface area contributed by atoms with Gasteiger partial charge in [-0.2, -0.15) is 0 Å². The first-order valence-electron chi connectivity index (χ1n) is 10.4. The minimum absolute atomic E-state index is 0.156. The number of amides is 1. The van der Waals surface area contributed by atoms with Crippen LogP contribution < -0.4 is 10.0 Å². The number of hydrogen-bond acceptors (Lipinski definition) is 9. The maximum Gasteiger partial charge on any atom is 0.293 e. The average Bonchev–Trinajstić information content (AvgIpc) is 2.77. The van der Waals surface area contributed by atoms with Gasteiger partial charge in [-0.25, -0.2) is 13.1 Å². The lowest BCUT2D eigenvalue weighted by molar-refractivity contribution is -0.384. The Bertz CT molecular complexity index is 1120. The molecule has 0 aromatic heterocycles. The van der Waals surface area contributed by atoms with Crippen molar-refractivity contribution in [1.82, 2.24) is 9.62 Å². The highest BCUT2D eigenvalue weighted by atomic mass is 32.2. The van der Waals surface area contributed by atoms with Crippen molar-refractivity contribution in [2.45, 2.75) is 17.0 Å². The molecule has 2 fully saturated rings. The predicted molar refractivity (Wildman–Crippen MR) is 119 cm³/mol. The summed E-state index contributed by atoms with van der Waals surface area (Å²) in [5.41, 5.74) is -0.0880. The third kappa shape index (κ3) is 5.47. The molecule has 33 heavy (non-hydrogen) atoms. The molecule has 12 heteroatoms. The molecule has 1 amide bonds. The van der Waals surface area contributed by atoms with Crippen LogP contribution in [0.2, 0.25) is 0 Å². The van der Waals surface area contributed by atoms with Crippen molar-refractivity contribution in [2.75, 3.05) is 44.8 Å². The highest BCUT2D eigenvalue weighted by Crippen LogP contribution is 2.28. The highest BCUT2D eigenvalue weighted by molar-refractivity contribution is 7.90. The van der Waals surface area contributed by atoms with Crippen LogP contribution in [0.5, 0.6) is 0 Å².